The number of para-hydroxylation sites is 1. The maximum absolute atomic E-state index is 12.6. The largest absolute Gasteiger partial charge is 0.322 e. The van der Waals surface area contributed by atoms with Crippen LogP contribution >= 0.6 is 0 Å². The van der Waals surface area contributed by atoms with Crippen LogP contribution in [-0.4, -0.2) is 42.9 Å². The molecule has 2 N–H and O–H groups in total. The Hall–Kier alpha value is -2.71. The zero-order chi connectivity index (χ0) is 18.2. The van der Waals surface area contributed by atoms with E-state index in [9.17, 15) is 13.2 Å². The van der Waals surface area contributed by atoms with Gasteiger partial charge in [0.05, 0.1) is 22.2 Å². The van der Waals surface area contributed by atoms with E-state index in [1.54, 1.807) is 37.4 Å². The van der Waals surface area contributed by atoms with Crippen LogP contribution in [0.25, 0.3) is 10.9 Å². The van der Waals surface area contributed by atoms with Crippen LogP contribution in [0.4, 0.5) is 5.69 Å². The first-order chi connectivity index (χ1) is 11.8. The minimum Gasteiger partial charge on any atom is -0.322 e. The van der Waals surface area contributed by atoms with Crippen LogP contribution in [0.2, 0.25) is 0 Å². The molecule has 130 valence electrons. The lowest BCUT2D eigenvalue weighted by atomic mass is 10.1. The molecule has 8 heteroatoms. The molecule has 1 aromatic heterocycles. The Kier molecular flexibility index (Phi) is 4.32. The van der Waals surface area contributed by atoms with Crippen LogP contribution in [0.3, 0.4) is 0 Å². The number of benzene rings is 2. The molecule has 0 saturated heterocycles. The van der Waals surface area contributed by atoms with Gasteiger partial charge in [0.15, 0.2) is 0 Å². The molecular formula is C17H18N4O3S. The van der Waals surface area contributed by atoms with Crippen LogP contribution < -0.4 is 5.32 Å². The van der Waals surface area contributed by atoms with Crippen LogP contribution in [-0.2, 0) is 10.0 Å². The molecule has 0 aliphatic carbocycles. The van der Waals surface area contributed by atoms with Gasteiger partial charge in [-0.25, -0.2) is 12.7 Å². The normalized spacial score (nSPS) is 11.8. The van der Waals surface area contributed by atoms with Gasteiger partial charge in [0.1, 0.15) is 0 Å². The number of fused-ring (bicyclic) bond motifs is 1. The van der Waals surface area contributed by atoms with Crippen molar-refractivity contribution in [2.45, 2.75) is 11.8 Å². The van der Waals surface area contributed by atoms with E-state index in [1.165, 1.54) is 20.2 Å². The number of hydrogen-bond donors (Lipinski definition) is 2. The molecule has 2 aromatic carbocycles. The lowest BCUT2D eigenvalue weighted by molar-refractivity contribution is 0.102. The highest BCUT2D eigenvalue weighted by atomic mass is 32.2. The Balaban J connectivity index is 1.96. The Labute approximate surface area is 145 Å². The molecule has 0 radical (unpaired) electrons. The van der Waals surface area contributed by atoms with Gasteiger partial charge in [-0.2, -0.15) is 5.10 Å². The fraction of sp³-hybridized carbons (Fsp3) is 0.176. The topological polar surface area (TPSA) is 95.2 Å². The molecule has 0 aliphatic heterocycles. The highest BCUT2D eigenvalue weighted by Gasteiger charge is 2.21. The molecule has 1 heterocycles. The van der Waals surface area contributed by atoms with E-state index >= 15 is 0 Å². The van der Waals surface area contributed by atoms with E-state index in [-0.39, 0.29) is 10.8 Å². The second-order valence-corrected chi connectivity index (χ2v) is 7.98. The van der Waals surface area contributed by atoms with Crippen LogP contribution in [0.1, 0.15) is 15.9 Å². The number of anilines is 1. The number of carbonyl (C=O) groups excluding carboxylic acids is 1. The molecule has 0 atom stereocenters. The summed E-state index contributed by atoms with van der Waals surface area (Å²) in [5.41, 5.74) is 2.09. The summed E-state index contributed by atoms with van der Waals surface area (Å²) in [5, 5.41) is 10.3. The summed E-state index contributed by atoms with van der Waals surface area (Å²) >= 11 is 0. The number of aromatic nitrogens is 2. The van der Waals surface area contributed by atoms with Gasteiger partial charge >= 0.3 is 0 Å². The average Bonchev–Trinajstić information content (AvgIpc) is 3.04. The van der Waals surface area contributed by atoms with Gasteiger partial charge in [-0.3, -0.25) is 9.89 Å². The number of rotatable bonds is 4. The van der Waals surface area contributed by atoms with Crippen LogP contribution in [0, 0.1) is 6.92 Å². The molecule has 7 nitrogen and oxygen atoms in total. The molecule has 0 saturated carbocycles. The molecule has 3 rings (SSSR count). The van der Waals surface area contributed by atoms with Gasteiger partial charge in [-0.05, 0) is 30.7 Å². The highest BCUT2D eigenvalue weighted by Crippen LogP contribution is 2.23. The summed E-state index contributed by atoms with van der Waals surface area (Å²) in [5.74, 6) is -0.341. The van der Waals surface area contributed by atoms with Crippen molar-refractivity contribution in [3.05, 3.63) is 53.7 Å². The third-order valence-electron chi connectivity index (χ3n) is 3.93. The quantitative estimate of drug-likeness (QED) is 0.748. The molecule has 0 bridgehead atoms. The first-order valence-electron chi connectivity index (χ1n) is 7.57. The second kappa shape index (κ2) is 6.30. The predicted molar refractivity (Wildman–Crippen MR) is 96.1 cm³/mol. The molecular weight excluding hydrogens is 340 g/mol. The van der Waals surface area contributed by atoms with E-state index < -0.39 is 10.0 Å². The van der Waals surface area contributed by atoms with Crippen molar-refractivity contribution < 1.29 is 13.2 Å². The summed E-state index contributed by atoms with van der Waals surface area (Å²) in [6.07, 6.45) is 1.64. The number of nitrogens with one attached hydrogen (secondary N) is 2. The van der Waals surface area contributed by atoms with E-state index in [1.807, 2.05) is 6.07 Å². The molecule has 0 aliphatic rings. The molecule has 0 fully saturated rings. The van der Waals surface area contributed by atoms with Gasteiger partial charge in [0, 0.05) is 25.2 Å². The number of hydrogen-bond acceptors (Lipinski definition) is 4. The monoisotopic (exact) mass is 358 g/mol. The predicted octanol–water partition coefficient (Wildman–Crippen LogP) is 2.37. The molecule has 3 aromatic rings. The van der Waals surface area contributed by atoms with Crippen molar-refractivity contribution in [1.82, 2.24) is 14.5 Å². The fourth-order valence-corrected chi connectivity index (χ4v) is 3.65. The minimum atomic E-state index is -3.59. The lowest BCUT2D eigenvalue weighted by Gasteiger charge is -2.15. The van der Waals surface area contributed by atoms with Gasteiger partial charge in [0.25, 0.3) is 5.91 Å². The first-order valence-corrected chi connectivity index (χ1v) is 9.01. The number of sulfonamides is 1. The van der Waals surface area contributed by atoms with Crippen molar-refractivity contribution in [2.75, 3.05) is 19.4 Å². The van der Waals surface area contributed by atoms with E-state index in [0.29, 0.717) is 22.3 Å². The summed E-state index contributed by atoms with van der Waals surface area (Å²) in [7, 11) is -0.648. The Morgan fingerprint density at radius 1 is 1.20 bits per heavy atom. The summed E-state index contributed by atoms with van der Waals surface area (Å²) < 4.78 is 25.9. The number of carbonyl (C=O) groups is 1. The number of amides is 1. The summed E-state index contributed by atoms with van der Waals surface area (Å²) in [6, 6.07) is 10.1. The number of aromatic amines is 1. The zero-order valence-corrected chi connectivity index (χ0v) is 14.9. The maximum Gasteiger partial charge on any atom is 0.257 e. The molecule has 0 unspecified atom stereocenters. The van der Waals surface area contributed by atoms with Gasteiger partial charge in [-0.1, -0.05) is 18.2 Å². The zero-order valence-electron chi connectivity index (χ0n) is 14.1. The second-order valence-electron chi connectivity index (χ2n) is 5.86. The van der Waals surface area contributed by atoms with Crippen molar-refractivity contribution in [3.63, 3.8) is 0 Å². The maximum atomic E-state index is 12.6. The van der Waals surface area contributed by atoms with Crippen LogP contribution in [0.15, 0.2) is 47.5 Å². The Bertz CT molecular complexity index is 1050. The summed E-state index contributed by atoms with van der Waals surface area (Å²) in [4.78, 5) is 12.7. The van der Waals surface area contributed by atoms with Crippen molar-refractivity contribution in [2.24, 2.45) is 0 Å². The Morgan fingerprint density at radius 2 is 1.96 bits per heavy atom. The van der Waals surface area contributed by atoms with Crippen molar-refractivity contribution in [3.8, 4) is 0 Å². The van der Waals surface area contributed by atoms with Gasteiger partial charge < -0.3 is 5.32 Å². The molecule has 1 amide bonds. The van der Waals surface area contributed by atoms with Gasteiger partial charge in [-0.15, -0.1) is 0 Å². The third-order valence-corrected chi connectivity index (χ3v) is 5.88. The van der Waals surface area contributed by atoms with Crippen molar-refractivity contribution in [1.29, 1.82) is 0 Å². The van der Waals surface area contributed by atoms with Gasteiger partial charge in [0.2, 0.25) is 10.0 Å². The van der Waals surface area contributed by atoms with Crippen molar-refractivity contribution >= 4 is 32.5 Å². The molecule has 25 heavy (non-hydrogen) atoms. The third kappa shape index (κ3) is 3.13. The minimum absolute atomic E-state index is 0.162. The number of nitrogens with zero attached hydrogens (tertiary/aromatic N) is 2. The average molecular weight is 358 g/mol. The number of aryl methyl sites for hydroxylation is 1. The van der Waals surface area contributed by atoms with E-state index in [4.69, 9.17) is 0 Å². The highest BCUT2D eigenvalue weighted by molar-refractivity contribution is 7.89. The fourth-order valence-electron chi connectivity index (χ4n) is 2.51. The molecule has 0 spiro atoms. The Morgan fingerprint density at radius 3 is 2.68 bits per heavy atom. The lowest BCUT2D eigenvalue weighted by Crippen LogP contribution is -2.23. The summed E-state index contributed by atoms with van der Waals surface area (Å²) in [6.45, 7) is 1.72. The van der Waals surface area contributed by atoms with E-state index in [2.05, 4.69) is 15.5 Å². The number of H-pyrrole nitrogens is 1. The van der Waals surface area contributed by atoms with E-state index in [0.717, 1.165) is 9.69 Å². The van der Waals surface area contributed by atoms with Crippen LogP contribution in [0.5, 0.6) is 0 Å². The SMILES string of the molecule is Cc1ccc(NC(=O)c2cccc3cn[nH]c23)cc1S(=O)(=O)N(C)C. The first kappa shape index (κ1) is 17.1. The standard InChI is InChI=1S/C17H18N4O3S/c1-11-7-8-13(9-15(11)25(23,24)21(2)3)19-17(22)14-6-4-5-12-10-18-20-16(12)14/h4-10H,1-3H3,(H,18,20)(H,19,22). The smallest absolute Gasteiger partial charge is 0.257 e.